The van der Waals surface area contributed by atoms with Gasteiger partial charge < -0.3 is 4.74 Å². The lowest BCUT2D eigenvalue weighted by Crippen LogP contribution is -2.48. The Hall–Kier alpha value is -2.37. The van der Waals surface area contributed by atoms with Gasteiger partial charge in [-0.3, -0.25) is 4.55 Å². The second kappa shape index (κ2) is 7.57. The minimum absolute atomic E-state index is 0.246. The Balaban J connectivity index is 1.41. The molecule has 0 aromatic heterocycles. The molecule has 4 fully saturated rings. The second-order valence-corrected chi connectivity index (χ2v) is 12.2. The minimum Gasteiger partial charge on any atom is -0.496 e. The van der Waals surface area contributed by atoms with Crippen molar-refractivity contribution in [3.63, 3.8) is 0 Å². The summed E-state index contributed by atoms with van der Waals surface area (Å²) in [5, 5.41) is 2.02. The molecule has 0 spiro atoms. The number of ether oxygens (including phenoxy) is 1. The maximum atomic E-state index is 11.3. The Bertz CT molecular complexity index is 1310. The Morgan fingerprint density at radius 1 is 0.848 bits per heavy atom. The molecule has 5 heteroatoms. The number of hydrogen-bond donors (Lipinski definition) is 1. The summed E-state index contributed by atoms with van der Waals surface area (Å²) in [7, 11) is -2.27. The molecular weight excluding hydrogens is 432 g/mol. The fraction of sp³-hybridized carbons (Fsp3) is 0.429. The van der Waals surface area contributed by atoms with Crippen molar-refractivity contribution >= 4 is 20.9 Å². The van der Waals surface area contributed by atoms with Gasteiger partial charge in [-0.15, -0.1) is 0 Å². The number of hydrogen-bond acceptors (Lipinski definition) is 3. The van der Waals surface area contributed by atoms with Crippen molar-refractivity contribution in [2.75, 3.05) is 7.11 Å². The monoisotopic (exact) mass is 462 g/mol. The van der Waals surface area contributed by atoms with E-state index < -0.39 is 10.1 Å². The highest BCUT2D eigenvalue weighted by Gasteiger charge is 2.52. The van der Waals surface area contributed by atoms with E-state index in [1.165, 1.54) is 49.7 Å². The van der Waals surface area contributed by atoms with Crippen molar-refractivity contribution in [3.05, 3.63) is 65.7 Å². The summed E-state index contributed by atoms with van der Waals surface area (Å²) in [6.07, 6.45) is 8.11. The predicted molar refractivity (Wildman–Crippen MR) is 131 cm³/mol. The Kier molecular flexibility index (Phi) is 4.86. The van der Waals surface area contributed by atoms with Gasteiger partial charge in [0.25, 0.3) is 10.1 Å². The number of methoxy groups -OCH3 is 1. The van der Waals surface area contributed by atoms with Crippen molar-refractivity contribution in [2.45, 2.75) is 49.7 Å². The molecule has 0 radical (unpaired) electrons. The molecule has 0 unspecified atom stereocenters. The molecule has 3 aromatic rings. The van der Waals surface area contributed by atoms with Crippen LogP contribution in [0.5, 0.6) is 5.75 Å². The van der Waals surface area contributed by atoms with E-state index in [0.717, 1.165) is 39.8 Å². The summed E-state index contributed by atoms with van der Waals surface area (Å²) in [6, 6.07) is 18.5. The van der Waals surface area contributed by atoms with Gasteiger partial charge in [0.1, 0.15) is 11.5 Å². The van der Waals surface area contributed by atoms with E-state index in [4.69, 9.17) is 4.74 Å². The quantitative estimate of drug-likeness (QED) is 0.448. The second-order valence-electron chi connectivity index (χ2n) is 10.7. The van der Waals surface area contributed by atoms with Crippen LogP contribution < -0.4 is 4.74 Å². The number of rotatable bonds is 5. The van der Waals surface area contributed by atoms with Crippen LogP contribution in [-0.2, 0) is 21.3 Å². The summed E-state index contributed by atoms with van der Waals surface area (Å²) < 4.78 is 37.8. The molecule has 4 saturated carbocycles. The third-order valence-corrected chi connectivity index (χ3v) is 9.09. The van der Waals surface area contributed by atoms with Crippen molar-refractivity contribution < 1.29 is 17.7 Å². The molecule has 33 heavy (non-hydrogen) atoms. The molecule has 0 heterocycles. The molecular formula is C28H30O4S. The largest absolute Gasteiger partial charge is 0.496 e. The van der Waals surface area contributed by atoms with E-state index >= 15 is 0 Å². The number of benzene rings is 3. The lowest BCUT2D eigenvalue weighted by Gasteiger charge is -2.57. The maximum absolute atomic E-state index is 11.3. The molecule has 4 bridgehead atoms. The molecule has 3 aromatic carbocycles. The third kappa shape index (κ3) is 3.85. The first kappa shape index (κ1) is 21.2. The SMILES string of the molecule is COc1ccc(-c2ccc3ccc(CS(=O)(=O)O)cc3c2)cc1C12CC3CC(CC(C3)C1)C2. The van der Waals surface area contributed by atoms with Crippen LogP contribution in [0, 0.1) is 17.8 Å². The topological polar surface area (TPSA) is 63.6 Å². The van der Waals surface area contributed by atoms with Gasteiger partial charge in [0, 0.05) is 5.56 Å². The van der Waals surface area contributed by atoms with E-state index in [1.54, 1.807) is 13.2 Å². The van der Waals surface area contributed by atoms with Gasteiger partial charge in [-0.2, -0.15) is 8.42 Å². The fourth-order valence-corrected chi connectivity index (χ4v) is 8.12. The molecule has 4 nitrogen and oxygen atoms in total. The lowest BCUT2D eigenvalue weighted by atomic mass is 9.48. The third-order valence-electron chi connectivity index (χ3n) is 8.40. The molecule has 0 saturated heterocycles. The summed E-state index contributed by atoms with van der Waals surface area (Å²) in [5.41, 5.74) is 4.49. The molecule has 172 valence electrons. The highest BCUT2D eigenvalue weighted by molar-refractivity contribution is 7.85. The van der Waals surface area contributed by atoms with Gasteiger partial charge in [0.05, 0.1) is 7.11 Å². The molecule has 7 rings (SSSR count). The van der Waals surface area contributed by atoms with Crippen molar-refractivity contribution in [3.8, 4) is 16.9 Å². The van der Waals surface area contributed by atoms with Crippen LogP contribution in [-0.4, -0.2) is 20.1 Å². The normalized spacial score (nSPS) is 28.4. The van der Waals surface area contributed by atoms with E-state index in [0.29, 0.717) is 5.56 Å². The van der Waals surface area contributed by atoms with Crippen molar-refractivity contribution in [1.82, 2.24) is 0 Å². The van der Waals surface area contributed by atoms with E-state index in [1.807, 2.05) is 12.1 Å². The molecule has 0 atom stereocenters. The van der Waals surface area contributed by atoms with Gasteiger partial charge in [0.2, 0.25) is 0 Å². The Morgan fingerprint density at radius 3 is 2.09 bits per heavy atom. The van der Waals surface area contributed by atoms with Crippen LogP contribution in [0.2, 0.25) is 0 Å². The van der Waals surface area contributed by atoms with Crippen LogP contribution in [0.25, 0.3) is 21.9 Å². The van der Waals surface area contributed by atoms with Crippen LogP contribution >= 0.6 is 0 Å². The molecule has 1 N–H and O–H groups in total. The summed E-state index contributed by atoms with van der Waals surface area (Å²) in [6.45, 7) is 0. The standard InChI is InChI=1S/C28H30O4S/c1-32-27-7-6-24(13-26(27)28-14-19-8-20(15-28)10-21(9-19)16-28)23-5-4-22-3-2-18(11-25(22)12-23)17-33(29,30)31/h2-7,11-13,19-21H,8-10,14-17H2,1H3,(H,29,30,31). The van der Waals surface area contributed by atoms with Crippen LogP contribution in [0.4, 0.5) is 0 Å². The highest BCUT2D eigenvalue weighted by Crippen LogP contribution is 2.62. The fourth-order valence-electron chi connectivity index (χ4n) is 7.52. The average Bonchev–Trinajstić information content (AvgIpc) is 2.76. The average molecular weight is 463 g/mol. The smallest absolute Gasteiger partial charge is 0.269 e. The summed E-state index contributed by atoms with van der Waals surface area (Å²) >= 11 is 0. The van der Waals surface area contributed by atoms with Crippen molar-refractivity contribution in [1.29, 1.82) is 0 Å². The molecule has 0 amide bonds. The van der Waals surface area contributed by atoms with Crippen LogP contribution in [0.15, 0.2) is 54.6 Å². The van der Waals surface area contributed by atoms with Gasteiger partial charge in [-0.25, -0.2) is 0 Å². The first-order chi connectivity index (χ1) is 15.8. The summed E-state index contributed by atoms with van der Waals surface area (Å²) in [5.74, 6) is 3.24. The Morgan fingerprint density at radius 2 is 1.45 bits per heavy atom. The van der Waals surface area contributed by atoms with Gasteiger partial charge in [-0.1, -0.05) is 36.4 Å². The van der Waals surface area contributed by atoms with Gasteiger partial charge in [-0.05, 0) is 107 Å². The summed E-state index contributed by atoms with van der Waals surface area (Å²) in [4.78, 5) is 0. The minimum atomic E-state index is -4.06. The van der Waals surface area contributed by atoms with Gasteiger partial charge in [0.15, 0.2) is 0 Å². The molecule has 4 aliphatic rings. The van der Waals surface area contributed by atoms with Crippen LogP contribution in [0.1, 0.15) is 49.7 Å². The number of fused-ring (bicyclic) bond motifs is 1. The predicted octanol–water partition coefficient (Wildman–Crippen LogP) is 6.37. The van der Waals surface area contributed by atoms with E-state index in [-0.39, 0.29) is 11.2 Å². The molecule has 0 aliphatic heterocycles. The zero-order valence-electron chi connectivity index (χ0n) is 19.0. The molecule has 4 aliphatic carbocycles. The van der Waals surface area contributed by atoms with Crippen LogP contribution in [0.3, 0.4) is 0 Å². The Labute approximate surface area is 195 Å². The zero-order valence-corrected chi connectivity index (χ0v) is 19.8. The van der Waals surface area contributed by atoms with Crippen molar-refractivity contribution in [2.24, 2.45) is 17.8 Å². The van der Waals surface area contributed by atoms with E-state index in [9.17, 15) is 13.0 Å². The zero-order chi connectivity index (χ0) is 22.8. The van der Waals surface area contributed by atoms with E-state index in [2.05, 4.69) is 36.4 Å². The van der Waals surface area contributed by atoms with Gasteiger partial charge >= 0.3 is 0 Å². The highest BCUT2D eigenvalue weighted by atomic mass is 32.2. The lowest BCUT2D eigenvalue weighted by molar-refractivity contribution is -0.00613. The maximum Gasteiger partial charge on any atom is 0.269 e. The first-order valence-corrected chi connectivity index (χ1v) is 13.6. The first-order valence-electron chi connectivity index (χ1n) is 12.0.